The third kappa shape index (κ3) is 5.92. The molecule has 0 bridgehead atoms. The van der Waals surface area contributed by atoms with E-state index >= 15 is 0 Å². The highest BCUT2D eigenvalue weighted by molar-refractivity contribution is 4.90. The van der Waals surface area contributed by atoms with Gasteiger partial charge in [-0.25, -0.2) is 0 Å². The van der Waals surface area contributed by atoms with E-state index in [2.05, 4.69) is 17.9 Å². The number of likely N-dealkylation sites (tertiary alicyclic amines) is 1. The Morgan fingerprint density at radius 1 is 0.864 bits per heavy atom. The molecule has 2 heteroatoms. The summed E-state index contributed by atoms with van der Waals surface area (Å²) < 4.78 is 0. The van der Waals surface area contributed by atoms with E-state index in [-0.39, 0.29) is 0 Å². The first-order valence-corrected chi connectivity index (χ1v) is 9.97. The molecule has 22 heavy (non-hydrogen) atoms. The maximum atomic E-state index is 9.01. The van der Waals surface area contributed by atoms with Gasteiger partial charge in [-0.3, -0.25) is 0 Å². The van der Waals surface area contributed by atoms with E-state index in [1.165, 1.54) is 83.7 Å². The summed E-state index contributed by atoms with van der Waals surface area (Å²) in [5, 5.41) is 9.01. The molecule has 0 spiro atoms. The third-order valence-electron chi connectivity index (χ3n) is 6.01. The summed E-state index contributed by atoms with van der Waals surface area (Å²) in [4.78, 5) is 2.74. The van der Waals surface area contributed by atoms with E-state index in [9.17, 15) is 0 Å². The monoisotopic (exact) mass is 304 g/mol. The number of hydrogen-bond donors (Lipinski definition) is 0. The van der Waals surface area contributed by atoms with Crippen LogP contribution in [0.4, 0.5) is 0 Å². The van der Waals surface area contributed by atoms with Crippen LogP contribution in [0.2, 0.25) is 0 Å². The number of nitriles is 1. The minimum Gasteiger partial charge on any atom is -0.300 e. The minimum absolute atomic E-state index is 0.349. The summed E-state index contributed by atoms with van der Waals surface area (Å²) in [5.74, 6) is 1.35. The molecular formula is C20H36N2. The quantitative estimate of drug-likeness (QED) is 0.551. The van der Waals surface area contributed by atoms with Gasteiger partial charge in [0.25, 0.3) is 0 Å². The fourth-order valence-electron chi connectivity index (χ4n) is 4.39. The highest BCUT2D eigenvalue weighted by atomic mass is 15.2. The molecule has 0 amide bonds. The second-order valence-corrected chi connectivity index (χ2v) is 7.67. The van der Waals surface area contributed by atoms with Gasteiger partial charge >= 0.3 is 0 Å². The van der Waals surface area contributed by atoms with Crippen LogP contribution in [0, 0.1) is 23.2 Å². The normalized spacial score (nSPS) is 27.6. The van der Waals surface area contributed by atoms with Crippen LogP contribution in [-0.4, -0.2) is 24.0 Å². The van der Waals surface area contributed by atoms with Crippen molar-refractivity contribution in [3.05, 3.63) is 0 Å². The molecule has 126 valence electrons. The molecule has 1 aliphatic carbocycles. The Morgan fingerprint density at radius 2 is 1.50 bits per heavy atom. The molecule has 1 saturated heterocycles. The van der Waals surface area contributed by atoms with E-state index in [1.807, 2.05) is 0 Å². The lowest BCUT2D eigenvalue weighted by Crippen LogP contribution is -2.43. The van der Waals surface area contributed by atoms with Crippen LogP contribution in [0.25, 0.3) is 0 Å². The Bertz CT molecular complexity index is 317. The average molecular weight is 305 g/mol. The van der Waals surface area contributed by atoms with Crippen molar-refractivity contribution < 1.29 is 0 Å². The SMILES string of the molecule is CCCCCCCCC1CCN(C2CCC(C#N)CC2)CC1. The second kappa shape index (κ2) is 10.3. The molecule has 0 aromatic carbocycles. The van der Waals surface area contributed by atoms with Gasteiger partial charge in [-0.2, -0.15) is 5.26 Å². The van der Waals surface area contributed by atoms with Gasteiger partial charge in [0.1, 0.15) is 0 Å². The second-order valence-electron chi connectivity index (χ2n) is 7.67. The molecule has 0 unspecified atom stereocenters. The summed E-state index contributed by atoms with van der Waals surface area (Å²) in [5.41, 5.74) is 0. The van der Waals surface area contributed by atoms with Crippen LogP contribution >= 0.6 is 0 Å². The molecule has 2 aliphatic rings. The van der Waals surface area contributed by atoms with E-state index in [0.717, 1.165) is 24.8 Å². The van der Waals surface area contributed by atoms with E-state index in [4.69, 9.17) is 5.26 Å². The lowest BCUT2D eigenvalue weighted by atomic mass is 9.84. The van der Waals surface area contributed by atoms with Crippen molar-refractivity contribution >= 4 is 0 Å². The zero-order valence-electron chi connectivity index (χ0n) is 14.7. The number of unbranched alkanes of at least 4 members (excludes halogenated alkanes) is 5. The summed E-state index contributed by atoms with van der Waals surface area (Å²) in [6, 6.07) is 3.25. The number of nitrogens with zero attached hydrogens (tertiary/aromatic N) is 2. The zero-order chi connectivity index (χ0) is 15.6. The average Bonchev–Trinajstić information content (AvgIpc) is 2.59. The summed E-state index contributed by atoms with van der Waals surface area (Å²) in [6.07, 6.45) is 17.7. The molecule has 0 N–H and O–H groups in total. The maximum absolute atomic E-state index is 9.01. The number of hydrogen-bond acceptors (Lipinski definition) is 2. The number of piperidine rings is 1. The first kappa shape index (κ1) is 17.8. The van der Waals surface area contributed by atoms with Gasteiger partial charge in [-0.05, 0) is 57.5 Å². The predicted molar refractivity (Wildman–Crippen MR) is 93.6 cm³/mol. The smallest absolute Gasteiger partial charge is 0.0655 e. The van der Waals surface area contributed by atoms with Crippen molar-refractivity contribution in [2.75, 3.05) is 13.1 Å². The molecule has 2 fully saturated rings. The van der Waals surface area contributed by atoms with Crippen LogP contribution in [0.15, 0.2) is 0 Å². The van der Waals surface area contributed by atoms with Gasteiger partial charge in [0.15, 0.2) is 0 Å². The Morgan fingerprint density at radius 3 is 2.14 bits per heavy atom. The fourth-order valence-corrected chi connectivity index (χ4v) is 4.39. The molecule has 0 aromatic heterocycles. The van der Waals surface area contributed by atoms with Gasteiger partial charge in [-0.1, -0.05) is 51.9 Å². The molecule has 1 heterocycles. The lowest BCUT2D eigenvalue weighted by Gasteiger charge is -2.40. The maximum Gasteiger partial charge on any atom is 0.0655 e. The van der Waals surface area contributed by atoms with Crippen molar-refractivity contribution in [3.63, 3.8) is 0 Å². The molecule has 0 radical (unpaired) electrons. The Labute approximate surface area is 138 Å². The Balaban J connectivity index is 1.53. The van der Waals surface area contributed by atoms with Crippen LogP contribution < -0.4 is 0 Å². The largest absolute Gasteiger partial charge is 0.300 e. The van der Waals surface area contributed by atoms with Crippen LogP contribution in [-0.2, 0) is 0 Å². The molecule has 2 rings (SSSR count). The first-order valence-electron chi connectivity index (χ1n) is 9.97. The Kier molecular flexibility index (Phi) is 8.31. The molecule has 0 atom stereocenters. The molecule has 2 nitrogen and oxygen atoms in total. The summed E-state index contributed by atoms with van der Waals surface area (Å²) >= 11 is 0. The van der Waals surface area contributed by atoms with Gasteiger partial charge in [0.2, 0.25) is 0 Å². The highest BCUT2D eigenvalue weighted by Crippen LogP contribution is 2.31. The van der Waals surface area contributed by atoms with Gasteiger partial charge in [0, 0.05) is 12.0 Å². The first-order chi connectivity index (χ1) is 10.8. The van der Waals surface area contributed by atoms with Crippen LogP contribution in [0.3, 0.4) is 0 Å². The lowest BCUT2D eigenvalue weighted by molar-refractivity contribution is 0.0975. The Hall–Kier alpha value is -0.550. The summed E-state index contributed by atoms with van der Waals surface area (Å²) in [6.45, 7) is 4.94. The molecule has 0 aromatic rings. The van der Waals surface area contributed by atoms with Gasteiger partial charge in [0.05, 0.1) is 6.07 Å². The van der Waals surface area contributed by atoms with Crippen molar-refractivity contribution in [1.29, 1.82) is 5.26 Å². The summed E-state index contributed by atoms with van der Waals surface area (Å²) in [7, 11) is 0. The third-order valence-corrected chi connectivity index (χ3v) is 6.01. The topological polar surface area (TPSA) is 27.0 Å². The van der Waals surface area contributed by atoms with E-state index in [1.54, 1.807) is 0 Å². The standard InChI is InChI=1S/C20H36N2/c1-2-3-4-5-6-7-8-18-13-15-22(16-14-18)20-11-9-19(17-21)10-12-20/h18-20H,2-16H2,1H3. The van der Waals surface area contributed by atoms with Crippen molar-refractivity contribution in [1.82, 2.24) is 4.90 Å². The van der Waals surface area contributed by atoms with Crippen molar-refractivity contribution in [3.8, 4) is 6.07 Å². The van der Waals surface area contributed by atoms with Crippen LogP contribution in [0.1, 0.15) is 90.4 Å². The predicted octanol–water partition coefficient (Wildman–Crippen LogP) is 5.53. The highest BCUT2D eigenvalue weighted by Gasteiger charge is 2.28. The molecular weight excluding hydrogens is 268 g/mol. The zero-order valence-corrected chi connectivity index (χ0v) is 14.7. The van der Waals surface area contributed by atoms with E-state index < -0.39 is 0 Å². The van der Waals surface area contributed by atoms with E-state index in [0.29, 0.717) is 5.92 Å². The minimum atomic E-state index is 0.349. The van der Waals surface area contributed by atoms with Crippen molar-refractivity contribution in [2.24, 2.45) is 11.8 Å². The van der Waals surface area contributed by atoms with Crippen molar-refractivity contribution in [2.45, 2.75) is 96.4 Å². The number of rotatable bonds is 8. The van der Waals surface area contributed by atoms with Gasteiger partial charge < -0.3 is 4.90 Å². The van der Waals surface area contributed by atoms with Crippen LogP contribution in [0.5, 0.6) is 0 Å². The molecule has 1 aliphatic heterocycles. The van der Waals surface area contributed by atoms with Gasteiger partial charge in [-0.15, -0.1) is 0 Å². The molecule has 1 saturated carbocycles. The fraction of sp³-hybridized carbons (Fsp3) is 0.950.